The second kappa shape index (κ2) is 5.23. The van der Waals surface area contributed by atoms with Crippen molar-refractivity contribution in [1.82, 2.24) is 0 Å². The fourth-order valence-electron chi connectivity index (χ4n) is 2.36. The van der Waals surface area contributed by atoms with Gasteiger partial charge >= 0.3 is 0 Å². The largest absolute Gasteiger partial charge is 0.289 e. The second-order valence-electron chi connectivity index (χ2n) is 4.84. The van der Waals surface area contributed by atoms with Crippen molar-refractivity contribution in [2.75, 3.05) is 0 Å². The maximum Gasteiger partial charge on any atom is 0.194 e. The van der Waals surface area contributed by atoms with E-state index in [-0.39, 0.29) is 5.78 Å². The van der Waals surface area contributed by atoms with E-state index in [1.807, 2.05) is 57.2 Å². The Labute approximate surface area is 114 Å². The van der Waals surface area contributed by atoms with Gasteiger partial charge in [0.1, 0.15) is 0 Å². The van der Waals surface area contributed by atoms with E-state index in [2.05, 4.69) is 6.58 Å². The predicted octanol–water partition coefficient (Wildman–Crippen LogP) is 4.49. The number of carbonyl (C=O) groups excluding carboxylic acids is 1. The van der Waals surface area contributed by atoms with Crippen LogP contribution in [0.1, 0.15) is 38.2 Å². The molecule has 0 radical (unpaired) electrons. The fourth-order valence-corrected chi connectivity index (χ4v) is 2.36. The van der Waals surface area contributed by atoms with E-state index < -0.39 is 0 Å². The van der Waals surface area contributed by atoms with Crippen LogP contribution >= 0.6 is 0 Å². The van der Waals surface area contributed by atoms with Crippen molar-refractivity contribution in [3.05, 3.63) is 76.4 Å². The monoisotopic (exact) mass is 250 g/mol. The Hall–Kier alpha value is -2.15. The second-order valence-corrected chi connectivity index (χ2v) is 4.84. The van der Waals surface area contributed by atoms with Crippen LogP contribution in [0.3, 0.4) is 0 Å². The summed E-state index contributed by atoms with van der Waals surface area (Å²) in [4.78, 5) is 12.8. The highest BCUT2D eigenvalue weighted by atomic mass is 16.1. The Bertz CT molecular complexity index is 651. The smallest absolute Gasteiger partial charge is 0.194 e. The van der Waals surface area contributed by atoms with E-state index in [9.17, 15) is 4.79 Å². The van der Waals surface area contributed by atoms with Crippen molar-refractivity contribution in [3.8, 4) is 0 Å². The third-order valence-electron chi connectivity index (χ3n) is 3.49. The highest BCUT2D eigenvalue weighted by Gasteiger charge is 2.17. The van der Waals surface area contributed by atoms with Crippen molar-refractivity contribution in [2.45, 2.75) is 20.8 Å². The molecule has 2 rings (SSSR count). The number of aryl methyl sites for hydroxylation is 3. The molecule has 0 heterocycles. The van der Waals surface area contributed by atoms with Crippen molar-refractivity contribution in [1.29, 1.82) is 0 Å². The van der Waals surface area contributed by atoms with Gasteiger partial charge in [0.05, 0.1) is 0 Å². The SMILES string of the molecule is C=Cc1c(C)ccc(C)c1C(=O)c1ccccc1C. The van der Waals surface area contributed by atoms with Crippen LogP contribution in [-0.4, -0.2) is 5.78 Å². The summed E-state index contributed by atoms with van der Waals surface area (Å²) in [6.07, 6.45) is 1.77. The molecule has 0 saturated carbocycles. The van der Waals surface area contributed by atoms with E-state index in [1.54, 1.807) is 6.08 Å². The molecule has 0 aliphatic heterocycles. The van der Waals surface area contributed by atoms with Gasteiger partial charge in [-0.15, -0.1) is 0 Å². The third kappa shape index (κ3) is 2.37. The van der Waals surface area contributed by atoms with Crippen LogP contribution in [0.4, 0.5) is 0 Å². The van der Waals surface area contributed by atoms with Crippen molar-refractivity contribution < 1.29 is 4.79 Å². The molecular weight excluding hydrogens is 232 g/mol. The maximum atomic E-state index is 12.8. The van der Waals surface area contributed by atoms with Crippen LogP contribution in [0.15, 0.2) is 43.0 Å². The third-order valence-corrected chi connectivity index (χ3v) is 3.49. The van der Waals surface area contributed by atoms with Gasteiger partial charge in [0.25, 0.3) is 0 Å². The van der Waals surface area contributed by atoms with Gasteiger partial charge in [-0.25, -0.2) is 0 Å². The molecule has 2 aromatic rings. The Morgan fingerprint density at radius 2 is 1.58 bits per heavy atom. The summed E-state index contributed by atoms with van der Waals surface area (Å²) in [6.45, 7) is 9.78. The highest BCUT2D eigenvalue weighted by molar-refractivity contribution is 6.12. The first-order chi connectivity index (χ1) is 9.06. The Morgan fingerprint density at radius 3 is 2.21 bits per heavy atom. The minimum absolute atomic E-state index is 0.0780. The lowest BCUT2D eigenvalue weighted by atomic mass is 9.90. The zero-order chi connectivity index (χ0) is 14.0. The number of carbonyl (C=O) groups is 1. The van der Waals surface area contributed by atoms with Crippen LogP contribution < -0.4 is 0 Å². The zero-order valence-electron chi connectivity index (χ0n) is 11.7. The topological polar surface area (TPSA) is 17.1 Å². The number of ketones is 1. The molecule has 96 valence electrons. The van der Waals surface area contributed by atoms with Crippen LogP contribution in [0, 0.1) is 20.8 Å². The van der Waals surface area contributed by atoms with E-state index >= 15 is 0 Å². The van der Waals surface area contributed by atoms with Gasteiger partial charge in [0.2, 0.25) is 0 Å². The van der Waals surface area contributed by atoms with E-state index in [4.69, 9.17) is 0 Å². The molecule has 0 spiro atoms. The average molecular weight is 250 g/mol. The van der Waals surface area contributed by atoms with Crippen LogP contribution in [0.2, 0.25) is 0 Å². The first-order valence-electron chi connectivity index (χ1n) is 6.39. The fraction of sp³-hybridized carbons (Fsp3) is 0.167. The number of hydrogen-bond acceptors (Lipinski definition) is 1. The Balaban J connectivity index is 2.66. The van der Waals surface area contributed by atoms with Gasteiger partial charge in [-0.1, -0.05) is 49.1 Å². The van der Waals surface area contributed by atoms with Gasteiger partial charge in [-0.2, -0.15) is 0 Å². The standard InChI is InChI=1S/C18H18O/c1-5-15-13(3)10-11-14(4)17(15)18(19)16-9-7-6-8-12(16)2/h5-11H,1H2,2-4H3. The summed E-state index contributed by atoms with van der Waals surface area (Å²) < 4.78 is 0. The molecular formula is C18H18O. The molecule has 0 N–H and O–H groups in total. The number of hydrogen-bond donors (Lipinski definition) is 0. The molecule has 0 atom stereocenters. The highest BCUT2D eigenvalue weighted by Crippen LogP contribution is 2.24. The van der Waals surface area contributed by atoms with E-state index in [0.717, 1.165) is 33.4 Å². The molecule has 19 heavy (non-hydrogen) atoms. The lowest BCUT2D eigenvalue weighted by Gasteiger charge is -2.13. The summed E-state index contributed by atoms with van der Waals surface area (Å²) >= 11 is 0. The summed E-state index contributed by atoms with van der Waals surface area (Å²) in [7, 11) is 0. The first kappa shape index (κ1) is 13.3. The van der Waals surface area contributed by atoms with E-state index in [0.29, 0.717) is 0 Å². The molecule has 0 amide bonds. The normalized spacial score (nSPS) is 10.3. The average Bonchev–Trinajstić information content (AvgIpc) is 2.41. The molecule has 0 aromatic heterocycles. The van der Waals surface area contributed by atoms with Gasteiger partial charge in [-0.05, 0) is 43.0 Å². The minimum atomic E-state index is 0.0780. The summed E-state index contributed by atoms with van der Waals surface area (Å²) in [6, 6.07) is 11.7. The van der Waals surface area contributed by atoms with Crippen molar-refractivity contribution in [3.63, 3.8) is 0 Å². The van der Waals surface area contributed by atoms with Crippen LogP contribution in [0.25, 0.3) is 6.08 Å². The summed E-state index contributed by atoms with van der Waals surface area (Å²) in [5.74, 6) is 0.0780. The van der Waals surface area contributed by atoms with Gasteiger partial charge in [0.15, 0.2) is 5.78 Å². The Kier molecular flexibility index (Phi) is 3.66. The number of rotatable bonds is 3. The van der Waals surface area contributed by atoms with Crippen molar-refractivity contribution in [2.24, 2.45) is 0 Å². The van der Waals surface area contributed by atoms with Gasteiger partial charge < -0.3 is 0 Å². The summed E-state index contributed by atoms with van der Waals surface area (Å²) in [5, 5.41) is 0. The Morgan fingerprint density at radius 1 is 0.947 bits per heavy atom. The zero-order valence-corrected chi connectivity index (χ0v) is 11.7. The molecule has 1 heteroatoms. The molecule has 1 nitrogen and oxygen atoms in total. The van der Waals surface area contributed by atoms with Gasteiger partial charge in [0, 0.05) is 11.1 Å². The summed E-state index contributed by atoms with van der Waals surface area (Å²) in [5.41, 5.74) is 5.55. The molecule has 0 fully saturated rings. The minimum Gasteiger partial charge on any atom is -0.289 e. The van der Waals surface area contributed by atoms with Crippen LogP contribution in [-0.2, 0) is 0 Å². The van der Waals surface area contributed by atoms with Gasteiger partial charge in [-0.3, -0.25) is 4.79 Å². The molecule has 2 aromatic carbocycles. The van der Waals surface area contributed by atoms with Crippen molar-refractivity contribution >= 4 is 11.9 Å². The molecule has 0 bridgehead atoms. The lowest BCUT2D eigenvalue weighted by Crippen LogP contribution is -2.09. The van der Waals surface area contributed by atoms with E-state index in [1.165, 1.54) is 0 Å². The first-order valence-corrected chi connectivity index (χ1v) is 6.39. The molecule has 0 unspecified atom stereocenters. The molecule has 0 saturated heterocycles. The predicted molar refractivity (Wildman–Crippen MR) is 80.6 cm³/mol. The lowest BCUT2D eigenvalue weighted by molar-refractivity contribution is 0.103. The molecule has 0 aliphatic rings. The number of benzene rings is 2. The van der Waals surface area contributed by atoms with Crippen LogP contribution in [0.5, 0.6) is 0 Å². The quantitative estimate of drug-likeness (QED) is 0.734. The maximum absolute atomic E-state index is 12.8. The molecule has 0 aliphatic carbocycles.